The second-order valence-corrected chi connectivity index (χ2v) is 12.9. The van der Waals surface area contributed by atoms with Gasteiger partial charge in [-0.25, -0.2) is 4.98 Å². The van der Waals surface area contributed by atoms with Gasteiger partial charge in [0.15, 0.2) is 0 Å². The zero-order valence-corrected chi connectivity index (χ0v) is 28.0. The SMILES string of the molecule is c1ccc(-c2cc(Oc3cccc(-c4cccc5c6ccc7ccccc7c6n(-c6ccccc6)c45)n3)cc(-c3nncc4ccccc34)c2)cc1. The third kappa shape index (κ3) is 5.07. The Morgan fingerprint density at radius 3 is 2.02 bits per heavy atom. The van der Waals surface area contributed by atoms with Crippen molar-refractivity contribution in [3.8, 4) is 51.0 Å². The minimum atomic E-state index is 0.502. The normalized spacial score (nSPS) is 11.5. The van der Waals surface area contributed by atoms with Crippen molar-refractivity contribution in [2.24, 2.45) is 0 Å². The summed E-state index contributed by atoms with van der Waals surface area (Å²) in [7, 11) is 0. The molecule has 0 unspecified atom stereocenters. The van der Waals surface area contributed by atoms with Crippen LogP contribution in [-0.2, 0) is 0 Å². The third-order valence-corrected chi connectivity index (χ3v) is 9.77. The molecule has 3 aromatic heterocycles. The van der Waals surface area contributed by atoms with Gasteiger partial charge in [0.1, 0.15) is 11.4 Å². The van der Waals surface area contributed by atoms with Gasteiger partial charge in [0, 0.05) is 49.8 Å². The minimum absolute atomic E-state index is 0.502. The van der Waals surface area contributed by atoms with Crippen molar-refractivity contribution in [2.45, 2.75) is 0 Å². The molecule has 10 aromatic rings. The van der Waals surface area contributed by atoms with E-state index < -0.39 is 0 Å². The molecule has 0 aliphatic heterocycles. The molecule has 0 fully saturated rings. The average Bonchev–Trinajstić information content (AvgIpc) is 3.56. The molecule has 3 heterocycles. The number of benzene rings is 7. The van der Waals surface area contributed by atoms with Crippen molar-refractivity contribution in [2.75, 3.05) is 0 Å². The molecule has 0 saturated carbocycles. The van der Waals surface area contributed by atoms with Crippen LogP contribution in [0.5, 0.6) is 11.6 Å². The Morgan fingerprint density at radius 2 is 1.15 bits per heavy atom. The van der Waals surface area contributed by atoms with E-state index in [0.29, 0.717) is 11.6 Å². The Labute approximate surface area is 300 Å². The van der Waals surface area contributed by atoms with Gasteiger partial charge in [0.05, 0.1) is 22.9 Å². The molecule has 5 nitrogen and oxygen atoms in total. The van der Waals surface area contributed by atoms with Gasteiger partial charge in [-0.3, -0.25) is 0 Å². The first-order valence-electron chi connectivity index (χ1n) is 17.4. The van der Waals surface area contributed by atoms with Crippen LogP contribution in [0.3, 0.4) is 0 Å². The molecule has 0 aliphatic rings. The Morgan fingerprint density at radius 1 is 0.462 bits per heavy atom. The van der Waals surface area contributed by atoms with Crippen molar-refractivity contribution >= 4 is 43.4 Å². The lowest BCUT2D eigenvalue weighted by atomic mass is 9.99. The quantitative estimate of drug-likeness (QED) is 0.177. The first-order valence-corrected chi connectivity index (χ1v) is 17.4. The van der Waals surface area contributed by atoms with E-state index in [1.54, 1.807) is 6.20 Å². The number of para-hydroxylation sites is 2. The Balaban J connectivity index is 1.14. The highest BCUT2D eigenvalue weighted by molar-refractivity contribution is 6.20. The zero-order valence-electron chi connectivity index (χ0n) is 28.0. The molecule has 5 heteroatoms. The number of fused-ring (bicyclic) bond motifs is 6. The van der Waals surface area contributed by atoms with Crippen molar-refractivity contribution in [3.63, 3.8) is 0 Å². The van der Waals surface area contributed by atoms with E-state index in [1.807, 2.05) is 48.5 Å². The van der Waals surface area contributed by atoms with Gasteiger partial charge in [-0.2, -0.15) is 5.10 Å². The zero-order chi connectivity index (χ0) is 34.4. The fourth-order valence-electron chi connectivity index (χ4n) is 7.44. The second-order valence-electron chi connectivity index (χ2n) is 12.9. The van der Waals surface area contributed by atoms with Gasteiger partial charge < -0.3 is 9.30 Å². The maximum atomic E-state index is 6.65. The number of rotatable bonds is 6. The number of aromatic nitrogens is 4. The predicted molar refractivity (Wildman–Crippen MR) is 212 cm³/mol. The van der Waals surface area contributed by atoms with Crippen LogP contribution in [0.25, 0.3) is 82.7 Å². The number of hydrogen-bond acceptors (Lipinski definition) is 4. The smallest absolute Gasteiger partial charge is 0.219 e. The van der Waals surface area contributed by atoms with Gasteiger partial charge in [0.2, 0.25) is 5.88 Å². The van der Waals surface area contributed by atoms with Crippen LogP contribution >= 0.6 is 0 Å². The lowest BCUT2D eigenvalue weighted by molar-refractivity contribution is 0.464. The predicted octanol–water partition coefficient (Wildman–Crippen LogP) is 12.1. The largest absolute Gasteiger partial charge is 0.439 e. The summed E-state index contributed by atoms with van der Waals surface area (Å²) in [5.41, 5.74) is 9.05. The van der Waals surface area contributed by atoms with Gasteiger partial charge in [-0.1, -0.05) is 133 Å². The van der Waals surface area contributed by atoms with E-state index >= 15 is 0 Å². The van der Waals surface area contributed by atoms with Crippen molar-refractivity contribution in [3.05, 3.63) is 182 Å². The molecule has 7 aromatic carbocycles. The third-order valence-electron chi connectivity index (χ3n) is 9.77. The van der Waals surface area contributed by atoms with Crippen molar-refractivity contribution < 1.29 is 4.74 Å². The van der Waals surface area contributed by atoms with Crippen LogP contribution in [0, 0.1) is 0 Å². The van der Waals surface area contributed by atoms with Crippen molar-refractivity contribution in [1.82, 2.24) is 19.7 Å². The molecule has 0 atom stereocenters. The molecular formula is C47H30N4O. The molecule has 0 spiro atoms. The standard InChI is InChI=1S/C47H30N4O/c1-3-13-31(14-4-1)34-27-35(45-38-19-9-8-16-33(38)30-48-50-45)29-37(28-34)52-44-24-12-23-43(49-44)42-22-11-21-40-41-26-25-32-15-7-10-20-39(32)46(41)51(47(40)42)36-17-5-2-6-18-36/h1-30H. The summed E-state index contributed by atoms with van der Waals surface area (Å²) < 4.78 is 9.04. The summed E-state index contributed by atoms with van der Waals surface area (Å²) in [6.45, 7) is 0. The fraction of sp³-hybridized carbons (Fsp3) is 0. The number of ether oxygens (including phenoxy) is 1. The molecular weight excluding hydrogens is 637 g/mol. The lowest BCUT2D eigenvalue weighted by Gasteiger charge is -2.14. The van der Waals surface area contributed by atoms with E-state index in [4.69, 9.17) is 9.72 Å². The first-order chi connectivity index (χ1) is 25.8. The van der Waals surface area contributed by atoms with Gasteiger partial charge in [0.25, 0.3) is 0 Å². The first kappa shape index (κ1) is 29.8. The summed E-state index contributed by atoms with van der Waals surface area (Å²) in [5, 5.41) is 15.8. The summed E-state index contributed by atoms with van der Waals surface area (Å²) >= 11 is 0. The fourth-order valence-corrected chi connectivity index (χ4v) is 7.44. The van der Waals surface area contributed by atoms with Crippen LogP contribution in [0.1, 0.15) is 0 Å². The highest BCUT2D eigenvalue weighted by Gasteiger charge is 2.19. The summed E-state index contributed by atoms with van der Waals surface area (Å²) in [4.78, 5) is 5.15. The van der Waals surface area contributed by atoms with Crippen LogP contribution < -0.4 is 4.74 Å². The van der Waals surface area contributed by atoms with E-state index in [-0.39, 0.29) is 0 Å². The van der Waals surface area contributed by atoms with Crippen LogP contribution in [0.15, 0.2) is 182 Å². The molecule has 0 aliphatic carbocycles. The van der Waals surface area contributed by atoms with Crippen molar-refractivity contribution in [1.29, 1.82) is 0 Å². The Hall–Kier alpha value is -7.11. The Kier molecular flexibility index (Phi) is 7.07. The molecule has 0 bridgehead atoms. The second kappa shape index (κ2) is 12.3. The maximum Gasteiger partial charge on any atom is 0.219 e. The van der Waals surface area contributed by atoms with Gasteiger partial charge in [-0.15, -0.1) is 5.10 Å². The summed E-state index contributed by atoms with van der Waals surface area (Å²) in [6, 6.07) is 60.9. The van der Waals surface area contributed by atoms with E-state index in [0.717, 1.165) is 55.6 Å². The topological polar surface area (TPSA) is 52.8 Å². The average molecular weight is 667 g/mol. The van der Waals surface area contributed by atoms with E-state index in [9.17, 15) is 0 Å². The number of pyridine rings is 1. The molecule has 244 valence electrons. The van der Waals surface area contributed by atoms with Crippen LogP contribution in [0.2, 0.25) is 0 Å². The molecule has 0 radical (unpaired) electrons. The lowest BCUT2D eigenvalue weighted by Crippen LogP contribution is -1.97. The van der Waals surface area contributed by atoms with Crippen LogP contribution in [0.4, 0.5) is 0 Å². The molecule has 52 heavy (non-hydrogen) atoms. The Bertz CT molecular complexity index is 2930. The van der Waals surface area contributed by atoms with Gasteiger partial charge >= 0.3 is 0 Å². The monoisotopic (exact) mass is 666 g/mol. The number of hydrogen-bond donors (Lipinski definition) is 0. The molecule has 0 saturated heterocycles. The molecule has 10 rings (SSSR count). The van der Waals surface area contributed by atoms with Crippen LogP contribution in [-0.4, -0.2) is 19.7 Å². The minimum Gasteiger partial charge on any atom is -0.439 e. The van der Waals surface area contributed by atoms with E-state index in [1.165, 1.54) is 27.1 Å². The summed E-state index contributed by atoms with van der Waals surface area (Å²) in [5.74, 6) is 1.17. The van der Waals surface area contributed by atoms with E-state index in [2.05, 4.69) is 142 Å². The highest BCUT2D eigenvalue weighted by atomic mass is 16.5. The summed E-state index contributed by atoms with van der Waals surface area (Å²) in [6.07, 6.45) is 1.80. The molecule has 0 amide bonds. The van der Waals surface area contributed by atoms with Gasteiger partial charge in [-0.05, 0) is 52.9 Å². The highest BCUT2D eigenvalue weighted by Crippen LogP contribution is 2.41. The number of nitrogens with zero attached hydrogens (tertiary/aromatic N) is 4. The molecule has 0 N–H and O–H groups in total. The maximum absolute atomic E-state index is 6.65.